The maximum absolute atomic E-state index is 12.2. The third kappa shape index (κ3) is 2.80. The lowest BCUT2D eigenvalue weighted by Gasteiger charge is -2.06. The second-order valence-electron chi connectivity index (χ2n) is 4.87. The normalized spacial score (nSPS) is 13.0. The third-order valence-corrected chi connectivity index (χ3v) is 4.98. The molecule has 0 aliphatic heterocycles. The predicted octanol–water partition coefficient (Wildman–Crippen LogP) is 3.84. The van der Waals surface area contributed by atoms with Crippen LogP contribution in [0.1, 0.15) is 36.9 Å². The Morgan fingerprint density at radius 1 is 1.24 bits per heavy atom. The average molecular weight is 322 g/mol. The van der Waals surface area contributed by atoms with Gasteiger partial charge in [0.05, 0.1) is 21.2 Å². The molecule has 0 fully saturated rings. The molecule has 2 aromatic rings. The molecule has 6 heteroatoms. The Hall–Kier alpha value is -1.85. The van der Waals surface area contributed by atoms with Crippen molar-refractivity contribution in [1.82, 2.24) is 0 Å². The molecule has 0 saturated heterocycles. The van der Waals surface area contributed by atoms with Crippen molar-refractivity contribution in [3.8, 4) is 0 Å². The van der Waals surface area contributed by atoms with Crippen molar-refractivity contribution in [1.29, 1.82) is 0 Å². The molecular weight excluding hydrogens is 310 g/mol. The number of aryl methyl sites for hydroxylation is 2. The monoisotopic (exact) mass is 321 g/mol. The zero-order chi connectivity index (χ0) is 15.0. The summed E-state index contributed by atoms with van der Waals surface area (Å²) in [6.07, 6.45) is 3.24. The second kappa shape index (κ2) is 5.50. The van der Waals surface area contributed by atoms with Crippen LogP contribution in [0.25, 0.3) is 0 Å². The highest BCUT2D eigenvalue weighted by atomic mass is 35.5. The number of anilines is 1. The third-order valence-electron chi connectivity index (χ3n) is 3.43. The predicted molar refractivity (Wildman–Crippen MR) is 82.7 cm³/mol. The molecule has 1 aliphatic carbocycles. The molecule has 1 heterocycles. The first-order valence-electron chi connectivity index (χ1n) is 6.50. The number of nitrogens with one attached hydrogen (secondary N) is 1. The molecule has 0 atom stereocenters. The fraction of sp³-hybridized carbons (Fsp3) is 0.200. The SMILES string of the molecule is O=C(O)c1ccc(NC(=O)c2cc3c(s2)CCC3)c(Cl)c1. The van der Waals surface area contributed by atoms with Crippen molar-refractivity contribution in [2.24, 2.45) is 0 Å². The highest BCUT2D eigenvalue weighted by Gasteiger charge is 2.19. The molecule has 108 valence electrons. The van der Waals surface area contributed by atoms with Gasteiger partial charge in [-0.15, -0.1) is 11.3 Å². The first-order chi connectivity index (χ1) is 10.0. The summed E-state index contributed by atoms with van der Waals surface area (Å²) in [5, 5.41) is 11.8. The molecule has 1 aromatic heterocycles. The van der Waals surface area contributed by atoms with E-state index in [2.05, 4.69) is 5.32 Å². The Kier molecular flexibility index (Phi) is 3.69. The number of thiophene rings is 1. The number of rotatable bonds is 3. The van der Waals surface area contributed by atoms with Crippen LogP contribution in [0.2, 0.25) is 5.02 Å². The minimum Gasteiger partial charge on any atom is -0.478 e. The maximum Gasteiger partial charge on any atom is 0.335 e. The number of halogens is 1. The fourth-order valence-electron chi connectivity index (χ4n) is 2.37. The fourth-order valence-corrected chi connectivity index (χ4v) is 3.75. The van der Waals surface area contributed by atoms with Crippen LogP contribution in [-0.4, -0.2) is 17.0 Å². The topological polar surface area (TPSA) is 66.4 Å². The molecule has 3 rings (SSSR count). The largest absolute Gasteiger partial charge is 0.478 e. The zero-order valence-electron chi connectivity index (χ0n) is 11.0. The number of hydrogen-bond acceptors (Lipinski definition) is 3. The molecule has 21 heavy (non-hydrogen) atoms. The molecule has 0 saturated carbocycles. The highest BCUT2D eigenvalue weighted by molar-refractivity contribution is 7.14. The number of carboxylic acid groups (broad SMARTS) is 1. The summed E-state index contributed by atoms with van der Waals surface area (Å²) in [5.74, 6) is -1.26. The number of amides is 1. The van der Waals surface area contributed by atoms with Gasteiger partial charge in [0.25, 0.3) is 5.91 Å². The van der Waals surface area contributed by atoms with Crippen molar-refractivity contribution in [2.45, 2.75) is 19.3 Å². The Morgan fingerprint density at radius 2 is 2.05 bits per heavy atom. The van der Waals surface area contributed by atoms with Gasteiger partial charge >= 0.3 is 5.97 Å². The van der Waals surface area contributed by atoms with Crippen LogP contribution < -0.4 is 5.32 Å². The summed E-state index contributed by atoms with van der Waals surface area (Å²) in [6.45, 7) is 0. The van der Waals surface area contributed by atoms with E-state index in [1.165, 1.54) is 40.0 Å². The molecule has 0 spiro atoms. The van der Waals surface area contributed by atoms with Gasteiger partial charge in [-0.05, 0) is 49.1 Å². The minimum atomic E-state index is -1.05. The van der Waals surface area contributed by atoms with E-state index in [4.69, 9.17) is 16.7 Å². The number of aromatic carboxylic acids is 1. The molecule has 1 amide bonds. The smallest absolute Gasteiger partial charge is 0.335 e. The average Bonchev–Trinajstić information content (AvgIpc) is 3.01. The van der Waals surface area contributed by atoms with Gasteiger partial charge in [0.15, 0.2) is 0 Å². The van der Waals surface area contributed by atoms with Gasteiger partial charge in [0, 0.05) is 4.88 Å². The lowest BCUT2D eigenvalue weighted by atomic mass is 10.2. The molecule has 1 aliphatic rings. The van der Waals surface area contributed by atoms with Crippen molar-refractivity contribution in [3.05, 3.63) is 50.2 Å². The highest BCUT2D eigenvalue weighted by Crippen LogP contribution is 2.31. The van der Waals surface area contributed by atoms with Gasteiger partial charge < -0.3 is 10.4 Å². The molecule has 4 nitrogen and oxygen atoms in total. The Labute approximate surface area is 130 Å². The number of fused-ring (bicyclic) bond motifs is 1. The molecule has 1 aromatic carbocycles. The van der Waals surface area contributed by atoms with Crippen molar-refractivity contribution in [3.63, 3.8) is 0 Å². The quantitative estimate of drug-likeness (QED) is 0.902. The van der Waals surface area contributed by atoms with E-state index in [1.807, 2.05) is 6.07 Å². The van der Waals surface area contributed by atoms with Crippen LogP contribution in [-0.2, 0) is 12.8 Å². The van der Waals surface area contributed by atoms with Crippen LogP contribution in [0.3, 0.4) is 0 Å². The number of carbonyl (C=O) groups is 2. The van der Waals surface area contributed by atoms with Crippen molar-refractivity contribution in [2.75, 3.05) is 5.32 Å². The van der Waals surface area contributed by atoms with E-state index < -0.39 is 5.97 Å². The van der Waals surface area contributed by atoms with E-state index >= 15 is 0 Å². The lowest BCUT2D eigenvalue weighted by Crippen LogP contribution is -2.11. The number of carbonyl (C=O) groups excluding carboxylic acids is 1. The van der Waals surface area contributed by atoms with E-state index in [9.17, 15) is 9.59 Å². The van der Waals surface area contributed by atoms with E-state index in [0.717, 1.165) is 19.3 Å². The van der Waals surface area contributed by atoms with E-state index in [0.29, 0.717) is 10.6 Å². The van der Waals surface area contributed by atoms with Crippen LogP contribution in [0.4, 0.5) is 5.69 Å². The van der Waals surface area contributed by atoms with E-state index in [1.54, 1.807) is 0 Å². The number of benzene rings is 1. The van der Waals surface area contributed by atoms with E-state index in [-0.39, 0.29) is 16.5 Å². The summed E-state index contributed by atoms with van der Waals surface area (Å²) < 4.78 is 0. The lowest BCUT2D eigenvalue weighted by molar-refractivity contribution is 0.0696. The van der Waals surface area contributed by atoms with Gasteiger partial charge in [-0.3, -0.25) is 4.79 Å². The van der Waals surface area contributed by atoms with Crippen LogP contribution in [0.15, 0.2) is 24.3 Å². The van der Waals surface area contributed by atoms with Gasteiger partial charge in [0.2, 0.25) is 0 Å². The van der Waals surface area contributed by atoms with Gasteiger partial charge in [-0.1, -0.05) is 11.6 Å². The Balaban J connectivity index is 1.79. The van der Waals surface area contributed by atoms with Crippen molar-refractivity contribution >= 4 is 40.5 Å². The molecule has 0 bridgehead atoms. The van der Waals surface area contributed by atoms with Gasteiger partial charge in [-0.25, -0.2) is 4.79 Å². The van der Waals surface area contributed by atoms with Gasteiger partial charge in [-0.2, -0.15) is 0 Å². The molecule has 2 N–H and O–H groups in total. The molecule has 0 unspecified atom stereocenters. The van der Waals surface area contributed by atoms with Crippen LogP contribution in [0.5, 0.6) is 0 Å². The first kappa shape index (κ1) is 14.1. The number of hydrogen-bond donors (Lipinski definition) is 2. The first-order valence-corrected chi connectivity index (χ1v) is 7.70. The zero-order valence-corrected chi connectivity index (χ0v) is 12.6. The molecule has 0 radical (unpaired) electrons. The van der Waals surface area contributed by atoms with Crippen molar-refractivity contribution < 1.29 is 14.7 Å². The summed E-state index contributed by atoms with van der Waals surface area (Å²) in [4.78, 5) is 25.0. The Bertz CT molecular complexity index is 717. The van der Waals surface area contributed by atoms with Gasteiger partial charge in [0.1, 0.15) is 0 Å². The maximum atomic E-state index is 12.2. The molecular formula is C15H12ClNO3S. The standard InChI is InChI=1S/C15H12ClNO3S/c16-10-6-9(15(19)20)4-5-11(10)17-14(18)13-7-8-2-1-3-12(8)21-13/h4-7H,1-3H2,(H,17,18)(H,19,20). The van der Waals surface area contributed by atoms with Crippen LogP contribution >= 0.6 is 22.9 Å². The van der Waals surface area contributed by atoms with Crippen LogP contribution in [0, 0.1) is 0 Å². The summed E-state index contributed by atoms with van der Waals surface area (Å²) >= 11 is 7.52. The summed E-state index contributed by atoms with van der Waals surface area (Å²) in [6, 6.07) is 6.18. The Morgan fingerprint density at radius 3 is 2.71 bits per heavy atom. The minimum absolute atomic E-state index is 0.0908. The second-order valence-corrected chi connectivity index (χ2v) is 6.41. The summed E-state index contributed by atoms with van der Waals surface area (Å²) in [5.41, 5.74) is 1.77. The number of carboxylic acids is 1. The summed E-state index contributed by atoms with van der Waals surface area (Å²) in [7, 11) is 0.